The number of unbranched alkanes of at least 4 members (excludes halogenated alkanes) is 1. The molecule has 0 aliphatic carbocycles. The van der Waals surface area contributed by atoms with Gasteiger partial charge in [0.2, 0.25) is 0 Å². The third-order valence-electron chi connectivity index (χ3n) is 1.90. The number of aliphatic carboxylic acids is 1. The fourth-order valence-corrected chi connectivity index (χ4v) is 0.929. The van der Waals surface area contributed by atoms with Crippen LogP contribution in [0.4, 0.5) is 0 Å². The third kappa shape index (κ3) is 9.21. The largest absolute Gasteiger partial charge is 0.478 e. The molecule has 0 saturated heterocycles. The molecule has 0 spiro atoms. The summed E-state index contributed by atoms with van der Waals surface area (Å²) in [5.41, 5.74) is 0.187. The van der Waals surface area contributed by atoms with E-state index in [1.54, 1.807) is 0 Å². The second-order valence-corrected chi connectivity index (χ2v) is 3.38. The highest BCUT2D eigenvalue weighted by atomic mass is 16.5. The summed E-state index contributed by atoms with van der Waals surface area (Å²) in [5, 5.41) is 8.53. The quantitative estimate of drug-likeness (QED) is 0.372. The summed E-state index contributed by atoms with van der Waals surface area (Å²) in [4.78, 5) is 10.4. The molecule has 0 radical (unpaired) electrons. The normalized spacial score (nSPS) is 11.3. The Morgan fingerprint density at radius 2 is 2.06 bits per heavy atom. The van der Waals surface area contributed by atoms with Crippen LogP contribution in [0, 0.1) is 0 Å². The maximum atomic E-state index is 10.4. The lowest BCUT2D eigenvalue weighted by atomic mass is 10.2. The van der Waals surface area contributed by atoms with Gasteiger partial charge in [-0.2, -0.15) is 0 Å². The topological polar surface area (TPSA) is 46.5 Å². The van der Waals surface area contributed by atoms with Crippen molar-refractivity contribution in [3.8, 4) is 0 Å². The van der Waals surface area contributed by atoms with Crippen LogP contribution < -0.4 is 0 Å². The molecule has 0 aromatic heterocycles. The molecule has 90 valence electrons. The standard InChI is InChI=1S/C13H20O3/c1-3-4-5-6-7-8-10-16-11-9-12(2)13(14)15/h5-8H,2-4,9-11H2,1H3,(H,14,15). The predicted octanol–water partition coefficient (Wildman–Crippen LogP) is 2.95. The minimum Gasteiger partial charge on any atom is -0.478 e. The fourth-order valence-electron chi connectivity index (χ4n) is 0.929. The van der Waals surface area contributed by atoms with Crippen molar-refractivity contribution in [1.82, 2.24) is 0 Å². The zero-order chi connectivity index (χ0) is 12.2. The van der Waals surface area contributed by atoms with Gasteiger partial charge in [-0.15, -0.1) is 0 Å². The van der Waals surface area contributed by atoms with Crippen LogP contribution in [0.1, 0.15) is 26.2 Å². The highest BCUT2D eigenvalue weighted by Gasteiger charge is 2.01. The first-order valence-electron chi connectivity index (χ1n) is 5.49. The number of ether oxygens (including phenoxy) is 1. The van der Waals surface area contributed by atoms with Gasteiger partial charge in [0.05, 0.1) is 13.2 Å². The van der Waals surface area contributed by atoms with E-state index in [2.05, 4.69) is 19.6 Å². The molecule has 0 aliphatic heterocycles. The summed E-state index contributed by atoms with van der Waals surface area (Å²) in [6, 6.07) is 0. The summed E-state index contributed by atoms with van der Waals surface area (Å²) < 4.78 is 5.22. The van der Waals surface area contributed by atoms with E-state index in [0.29, 0.717) is 19.6 Å². The van der Waals surface area contributed by atoms with Crippen molar-refractivity contribution >= 4 is 5.97 Å². The number of hydrogen-bond donors (Lipinski definition) is 1. The molecule has 0 fully saturated rings. The molecular weight excluding hydrogens is 204 g/mol. The predicted molar refractivity (Wildman–Crippen MR) is 65.4 cm³/mol. The van der Waals surface area contributed by atoms with E-state index in [-0.39, 0.29) is 5.57 Å². The minimum atomic E-state index is -0.957. The van der Waals surface area contributed by atoms with Crippen molar-refractivity contribution < 1.29 is 14.6 Å². The molecule has 0 heterocycles. The lowest BCUT2D eigenvalue weighted by molar-refractivity contribution is -0.132. The van der Waals surface area contributed by atoms with E-state index >= 15 is 0 Å². The van der Waals surface area contributed by atoms with Crippen LogP contribution in [0.2, 0.25) is 0 Å². The smallest absolute Gasteiger partial charge is 0.331 e. The molecule has 1 N–H and O–H groups in total. The molecule has 0 unspecified atom stereocenters. The maximum Gasteiger partial charge on any atom is 0.331 e. The Hall–Kier alpha value is -1.35. The Kier molecular flexibility index (Phi) is 9.32. The van der Waals surface area contributed by atoms with Crippen molar-refractivity contribution in [3.63, 3.8) is 0 Å². The van der Waals surface area contributed by atoms with Crippen LogP contribution >= 0.6 is 0 Å². The zero-order valence-corrected chi connectivity index (χ0v) is 9.82. The van der Waals surface area contributed by atoms with E-state index < -0.39 is 5.97 Å². The number of carboxylic acid groups (broad SMARTS) is 1. The van der Waals surface area contributed by atoms with Crippen molar-refractivity contribution in [3.05, 3.63) is 36.5 Å². The van der Waals surface area contributed by atoms with Gasteiger partial charge in [0, 0.05) is 12.0 Å². The molecule has 0 atom stereocenters. The Labute approximate surface area is 97.1 Å². The molecular formula is C13H20O3. The molecule has 0 aromatic carbocycles. The lowest BCUT2D eigenvalue weighted by Gasteiger charge is -2.00. The van der Waals surface area contributed by atoms with Gasteiger partial charge in [-0.3, -0.25) is 0 Å². The van der Waals surface area contributed by atoms with E-state index in [1.165, 1.54) is 0 Å². The minimum absolute atomic E-state index is 0.187. The van der Waals surface area contributed by atoms with Gasteiger partial charge in [-0.1, -0.05) is 44.2 Å². The van der Waals surface area contributed by atoms with Gasteiger partial charge < -0.3 is 9.84 Å². The first kappa shape index (κ1) is 14.6. The lowest BCUT2D eigenvalue weighted by Crippen LogP contribution is -2.03. The number of allylic oxidation sites excluding steroid dienone is 3. The molecule has 0 aromatic rings. The molecule has 0 amide bonds. The highest BCUT2D eigenvalue weighted by Crippen LogP contribution is 1.97. The number of rotatable bonds is 9. The molecule has 0 rings (SSSR count). The molecule has 3 nitrogen and oxygen atoms in total. The molecule has 0 aliphatic rings. The Morgan fingerprint density at radius 1 is 1.38 bits per heavy atom. The van der Waals surface area contributed by atoms with Gasteiger partial charge >= 0.3 is 5.97 Å². The van der Waals surface area contributed by atoms with Crippen molar-refractivity contribution in [2.75, 3.05) is 13.2 Å². The van der Waals surface area contributed by atoms with Crippen LogP contribution in [0.25, 0.3) is 0 Å². The van der Waals surface area contributed by atoms with Crippen molar-refractivity contribution in [2.45, 2.75) is 26.2 Å². The summed E-state index contributed by atoms with van der Waals surface area (Å²) in [5.74, 6) is -0.957. The SMILES string of the molecule is C=C(CCOCC=CC=CCCC)C(=O)O. The monoisotopic (exact) mass is 224 g/mol. The van der Waals surface area contributed by atoms with E-state index in [1.807, 2.05) is 18.2 Å². The number of carboxylic acids is 1. The molecule has 0 bridgehead atoms. The third-order valence-corrected chi connectivity index (χ3v) is 1.90. The summed E-state index contributed by atoms with van der Waals surface area (Å²) in [7, 11) is 0. The van der Waals surface area contributed by atoms with Crippen LogP contribution in [0.5, 0.6) is 0 Å². The first-order valence-corrected chi connectivity index (χ1v) is 5.49. The molecule has 3 heteroatoms. The van der Waals surface area contributed by atoms with Gasteiger partial charge in [0.15, 0.2) is 0 Å². The van der Waals surface area contributed by atoms with Gasteiger partial charge in [0.25, 0.3) is 0 Å². The first-order chi connectivity index (χ1) is 7.68. The van der Waals surface area contributed by atoms with Crippen molar-refractivity contribution in [1.29, 1.82) is 0 Å². The van der Waals surface area contributed by atoms with Gasteiger partial charge in [-0.05, 0) is 6.42 Å². The second kappa shape index (κ2) is 10.2. The van der Waals surface area contributed by atoms with Crippen LogP contribution in [-0.4, -0.2) is 24.3 Å². The maximum absolute atomic E-state index is 10.4. The average molecular weight is 224 g/mol. The Bertz CT molecular complexity index is 264. The Morgan fingerprint density at radius 3 is 2.69 bits per heavy atom. The second-order valence-electron chi connectivity index (χ2n) is 3.38. The van der Waals surface area contributed by atoms with Crippen LogP contribution in [0.3, 0.4) is 0 Å². The molecule has 0 saturated carbocycles. The van der Waals surface area contributed by atoms with E-state index in [9.17, 15) is 4.79 Å². The summed E-state index contributed by atoms with van der Waals surface area (Å²) in [6.07, 6.45) is 10.5. The molecule has 16 heavy (non-hydrogen) atoms. The zero-order valence-electron chi connectivity index (χ0n) is 9.82. The number of hydrogen-bond acceptors (Lipinski definition) is 2. The van der Waals surface area contributed by atoms with E-state index in [4.69, 9.17) is 9.84 Å². The highest BCUT2D eigenvalue weighted by molar-refractivity contribution is 5.85. The van der Waals surface area contributed by atoms with Gasteiger partial charge in [-0.25, -0.2) is 4.79 Å². The summed E-state index contributed by atoms with van der Waals surface area (Å²) in [6.45, 7) is 6.44. The average Bonchev–Trinajstić information content (AvgIpc) is 2.26. The fraction of sp³-hybridized carbons (Fsp3) is 0.462. The van der Waals surface area contributed by atoms with Crippen molar-refractivity contribution in [2.24, 2.45) is 0 Å². The summed E-state index contributed by atoms with van der Waals surface area (Å²) >= 11 is 0. The van der Waals surface area contributed by atoms with Crippen LogP contribution in [0.15, 0.2) is 36.5 Å². The van der Waals surface area contributed by atoms with E-state index in [0.717, 1.165) is 12.8 Å². The van der Waals surface area contributed by atoms with Crippen LogP contribution in [-0.2, 0) is 9.53 Å². The van der Waals surface area contributed by atoms with Gasteiger partial charge in [0.1, 0.15) is 0 Å². The number of carbonyl (C=O) groups is 1. The Balaban J connectivity index is 3.40.